The highest BCUT2D eigenvalue weighted by molar-refractivity contribution is 7.84. The van der Waals surface area contributed by atoms with Gasteiger partial charge in [0.1, 0.15) is 0 Å². The maximum atomic E-state index is 9.08. The van der Waals surface area contributed by atoms with Gasteiger partial charge >= 0.3 is 0 Å². The molecule has 0 spiro atoms. The summed E-state index contributed by atoms with van der Waals surface area (Å²) in [6.45, 7) is 7.36. The Bertz CT molecular complexity index is 378. The van der Waals surface area contributed by atoms with Crippen LogP contribution in [0.3, 0.4) is 0 Å². The van der Waals surface area contributed by atoms with Crippen molar-refractivity contribution in [1.82, 2.24) is 0 Å². The van der Waals surface area contributed by atoms with Crippen molar-refractivity contribution in [1.29, 1.82) is 0 Å². The van der Waals surface area contributed by atoms with E-state index in [-0.39, 0.29) is 0 Å². The Hall–Kier alpha value is -0.130. The van der Waals surface area contributed by atoms with Crippen molar-refractivity contribution >= 4 is 10.1 Å². The van der Waals surface area contributed by atoms with E-state index >= 15 is 0 Å². The molecule has 0 unspecified atom stereocenters. The van der Waals surface area contributed by atoms with E-state index in [1.54, 1.807) is 0 Å². The van der Waals surface area contributed by atoms with E-state index < -0.39 is 10.1 Å². The standard InChI is InChI=1S/C22H48N.CH4O3S/c1-5-7-9-11-13-15-17-19-21-23(3,4)22-20-18-16-14-12-10-8-6-2;1-5(2,3)4/h5-22H2,1-4H3;1H3,(H,2,3,4)/q+1;/p-1. The molecule has 0 aliphatic rings. The van der Waals surface area contributed by atoms with Crippen LogP contribution in [0.25, 0.3) is 0 Å². The highest BCUT2D eigenvalue weighted by Gasteiger charge is 2.13. The molecule has 0 aromatic rings. The third-order valence-corrected chi connectivity index (χ3v) is 5.23. The van der Waals surface area contributed by atoms with Gasteiger partial charge in [0.15, 0.2) is 0 Å². The molecular formula is C23H51NO3S. The predicted octanol–water partition coefficient (Wildman–Crippen LogP) is 6.51. The smallest absolute Gasteiger partial charge is 0.0916 e. The number of hydrogen-bond donors (Lipinski definition) is 0. The average Bonchev–Trinajstić information content (AvgIpc) is 2.58. The molecule has 172 valence electrons. The van der Waals surface area contributed by atoms with E-state index in [1.165, 1.54) is 120 Å². The highest BCUT2D eigenvalue weighted by atomic mass is 32.2. The fraction of sp³-hybridized carbons (Fsp3) is 1.00. The number of unbranched alkanes of at least 4 members (excludes halogenated alkanes) is 14. The SMILES string of the molecule is CCCCCCCCCC[N+](C)(C)CCCCCCCCCC.CS(=O)(=O)[O-]. The van der Waals surface area contributed by atoms with E-state index in [4.69, 9.17) is 13.0 Å². The van der Waals surface area contributed by atoms with Gasteiger partial charge in [-0.2, -0.15) is 0 Å². The zero-order valence-electron chi connectivity index (χ0n) is 19.8. The molecule has 0 aliphatic carbocycles. The Kier molecular flexibility index (Phi) is 21.6. The molecule has 28 heavy (non-hydrogen) atoms. The third kappa shape index (κ3) is 33.5. The summed E-state index contributed by atoms with van der Waals surface area (Å²) in [6.07, 6.45) is 23.6. The predicted molar refractivity (Wildman–Crippen MR) is 123 cm³/mol. The molecule has 5 heteroatoms. The van der Waals surface area contributed by atoms with Crippen LogP contribution in [0.15, 0.2) is 0 Å². The van der Waals surface area contributed by atoms with E-state index in [0.717, 1.165) is 0 Å². The molecule has 0 saturated carbocycles. The van der Waals surface area contributed by atoms with Gasteiger partial charge in [-0.1, -0.05) is 90.9 Å². The Morgan fingerprint density at radius 1 is 0.571 bits per heavy atom. The maximum absolute atomic E-state index is 9.08. The van der Waals surface area contributed by atoms with E-state index in [1.807, 2.05) is 0 Å². The number of nitrogens with zero attached hydrogens (tertiary/aromatic N) is 1. The van der Waals surface area contributed by atoms with Crippen molar-refractivity contribution in [2.75, 3.05) is 33.4 Å². The van der Waals surface area contributed by atoms with Crippen LogP contribution in [-0.2, 0) is 10.1 Å². The van der Waals surface area contributed by atoms with Crippen LogP contribution in [0.5, 0.6) is 0 Å². The largest absolute Gasteiger partial charge is 0.748 e. The second-order valence-electron chi connectivity index (χ2n) is 9.04. The molecule has 0 aliphatic heterocycles. The Morgan fingerprint density at radius 2 is 0.786 bits per heavy atom. The first-order valence-corrected chi connectivity index (χ1v) is 13.7. The molecule has 4 nitrogen and oxygen atoms in total. The third-order valence-electron chi connectivity index (χ3n) is 5.23. The quantitative estimate of drug-likeness (QED) is 0.144. The topological polar surface area (TPSA) is 57.2 Å². The van der Waals surface area contributed by atoms with Gasteiger partial charge < -0.3 is 9.04 Å². The summed E-state index contributed by atoms with van der Waals surface area (Å²) in [5, 5.41) is 0. The summed E-state index contributed by atoms with van der Waals surface area (Å²) in [4.78, 5) is 0. The van der Waals surface area contributed by atoms with Gasteiger partial charge in [-0.3, -0.25) is 0 Å². The van der Waals surface area contributed by atoms with Crippen LogP contribution in [0, 0.1) is 0 Å². The Morgan fingerprint density at radius 3 is 1.04 bits per heavy atom. The second-order valence-corrected chi connectivity index (χ2v) is 10.4. The van der Waals surface area contributed by atoms with Gasteiger partial charge in [-0.05, 0) is 25.7 Å². The minimum atomic E-state index is -3.92. The molecule has 0 rings (SSSR count). The summed E-state index contributed by atoms with van der Waals surface area (Å²) in [5.74, 6) is 0. The van der Waals surface area contributed by atoms with Crippen molar-refractivity contribution in [3.05, 3.63) is 0 Å². The fourth-order valence-electron chi connectivity index (χ4n) is 3.46. The van der Waals surface area contributed by atoms with E-state index in [2.05, 4.69) is 27.9 Å². The van der Waals surface area contributed by atoms with Crippen molar-refractivity contribution in [3.8, 4) is 0 Å². The van der Waals surface area contributed by atoms with Gasteiger partial charge in [0.05, 0.1) is 37.3 Å². The molecule has 0 N–H and O–H groups in total. The molecule has 0 bridgehead atoms. The van der Waals surface area contributed by atoms with Gasteiger partial charge in [0, 0.05) is 6.26 Å². The first-order valence-electron chi connectivity index (χ1n) is 11.8. The second kappa shape index (κ2) is 20.2. The molecule has 0 atom stereocenters. The molecular weight excluding hydrogens is 370 g/mol. The first-order chi connectivity index (χ1) is 13.1. The fourth-order valence-corrected chi connectivity index (χ4v) is 3.46. The van der Waals surface area contributed by atoms with Crippen LogP contribution in [0.4, 0.5) is 0 Å². The van der Waals surface area contributed by atoms with Gasteiger partial charge in [0.2, 0.25) is 0 Å². The highest BCUT2D eigenvalue weighted by Crippen LogP contribution is 2.13. The van der Waals surface area contributed by atoms with Gasteiger partial charge in [-0.15, -0.1) is 0 Å². The lowest BCUT2D eigenvalue weighted by Crippen LogP contribution is -2.41. The maximum Gasteiger partial charge on any atom is 0.0916 e. The molecule has 0 heterocycles. The van der Waals surface area contributed by atoms with Crippen LogP contribution in [0.1, 0.15) is 117 Å². The van der Waals surface area contributed by atoms with Gasteiger partial charge in [0.25, 0.3) is 0 Å². The summed E-state index contributed by atoms with van der Waals surface area (Å²) in [7, 11) is 0.949. The summed E-state index contributed by atoms with van der Waals surface area (Å²) in [6, 6.07) is 0. The van der Waals surface area contributed by atoms with Crippen LogP contribution >= 0.6 is 0 Å². The lowest BCUT2D eigenvalue weighted by Gasteiger charge is -2.30. The van der Waals surface area contributed by atoms with Crippen molar-refractivity contribution in [2.45, 2.75) is 117 Å². The van der Waals surface area contributed by atoms with E-state index in [9.17, 15) is 0 Å². The normalized spacial score (nSPS) is 11.9. The minimum Gasteiger partial charge on any atom is -0.748 e. The van der Waals surface area contributed by atoms with Gasteiger partial charge in [-0.25, -0.2) is 8.42 Å². The minimum absolute atomic E-state index is 0.604. The van der Waals surface area contributed by atoms with Crippen LogP contribution in [0.2, 0.25) is 0 Å². The van der Waals surface area contributed by atoms with E-state index in [0.29, 0.717) is 6.26 Å². The lowest BCUT2D eigenvalue weighted by atomic mass is 10.1. The number of quaternary nitrogens is 1. The van der Waals surface area contributed by atoms with Crippen LogP contribution < -0.4 is 0 Å². The first kappa shape index (κ1) is 30.1. The van der Waals surface area contributed by atoms with Crippen LogP contribution in [-0.4, -0.2) is 50.9 Å². The van der Waals surface area contributed by atoms with Crippen molar-refractivity contribution in [3.63, 3.8) is 0 Å². The monoisotopic (exact) mass is 421 g/mol. The summed E-state index contributed by atoms with van der Waals surface area (Å²) >= 11 is 0. The molecule has 0 amide bonds. The zero-order valence-corrected chi connectivity index (χ0v) is 20.6. The molecule has 0 radical (unpaired) electrons. The molecule has 0 fully saturated rings. The Labute approximate surface area is 177 Å². The Balaban J connectivity index is 0. The number of rotatable bonds is 18. The lowest BCUT2D eigenvalue weighted by molar-refractivity contribution is -0.890. The zero-order chi connectivity index (χ0) is 21.7. The van der Waals surface area contributed by atoms with Crippen molar-refractivity contribution in [2.24, 2.45) is 0 Å². The average molecular weight is 422 g/mol. The molecule has 0 aromatic carbocycles. The molecule has 0 aromatic heterocycles. The summed E-state index contributed by atoms with van der Waals surface area (Å²) < 4.78 is 28.5. The van der Waals surface area contributed by atoms with Crippen molar-refractivity contribution < 1.29 is 17.5 Å². The summed E-state index contributed by atoms with van der Waals surface area (Å²) in [5.41, 5.74) is 0. The number of hydrogen-bond acceptors (Lipinski definition) is 3. The molecule has 0 saturated heterocycles.